The summed E-state index contributed by atoms with van der Waals surface area (Å²) in [5, 5.41) is 0. The molecule has 0 saturated heterocycles. The van der Waals surface area contributed by atoms with E-state index in [-0.39, 0.29) is 17.1 Å². The van der Waals surface area contributed by atoms with Gasteiger partial charge in [-0.2, -0.15) is 0 Å². The van der Waals surface area contributed by atoms with Gasteiger partial charge < -0.3 is 4.74 Å². The molecule has 3 heteroatoms. The molecule has 0 unspecified atom stereocenters. The Morgan fingerprint density at radius 1 is 1.39 bits per heavy atom. The van der Waals surface area contributed by atoms with Gasteiger partial charge in [0.05, 0.1) is 11.6 Å². The second-order valence-electron chi connectivity index (χ2n) is 6.02. The van der Waals surface area contributed by atoms with Crippen LogP contribution in [0, 0.1) is 5.92 Å². The number of ether oxygens (including phenoxy) is 1. The van der Waals surface area contributed by atoms with Crippen LogP contribution in [0.5, 0.6) is 5.75 Å². The first kappa shape index (κ1) is 13.6. The average molecular weight is 311 g/mol. The van der Waals surface area contributed by atoms with Crippen LogP contribution in [0.2, 0.25) is 0 Å². The zero-order chi connectivity index (χ0) is 13.7. The third kappa shape index (κ3) is 1.99. The molecular weight excluding hydrogens is 292 g/mol. The Bertz CT molecular complexity index is 512. The summed E-state index contributed by atoms with van der Waals surface area (Å²) >= 11 is 3.61. The third-order valence-electron chi connectivity index (χ3n) is 3.56. The van der Waals surface area contributed by atoms with Crippen molar-refractivity contribution in [1.82, 2.24) is 0 Å². The molecular formula is C15H19BrO2. The number of rotatable bonds is 1. The van der Waals surface area contributed by atoms with Crippen LogP contribution in [0.1, 0.15) is 49.2 Å². The van der Waals surface area contributed by atoms with E-state index in [0.717, 1.165) is 33.3 Å². The van der Waals surface area contributed by atoms with Gasteiger partial charge in [0.1, 0.15) is 5.75 Å². The Morgan fingerprint density at radius 2 is 2.00 bits per heavy atom. The third-order valence-corrected chi connectivity index (χ3v) is 4.40. The minimum absolute atomic E-state index is 0.0466. The van der Waals surface area contributed by atoms with E-state index >= 15 is 0 Å². The number of methoxy groups -OCH3 is 1. The number of hydrogen-bond donors (Lipinski definition) is 0. The van der Waals surface area contributed by atoms with Crippen molar-refractivity contribution in [2.75, 3.05) is 7.11 Å². The molecule has 1 aliphatic rings. The lowest BCUT2D eigenvalue weighted by Crippen LogP contribution is -2.15. The lowest BCUT2D eigenvalue weighted by Gasteiger charge is -2.24. The van der Waals surface area contributed by atoms with E-state index in [2.05, 4.69) is 36.7 Å². The SMILES string of the molecule is COc1c(C(C)(C)C)cc2c(c1Br)C[C@H](C)C2=O. The van der Waals surface area contributed by atoms with Crippen LogP contribution >= 0.6 is 15.9 Å². The van der Waals surface area contributed by atoms with Gasteiger partial charge in [-0.1, -0.05) is 27.7 Å². The lowest BCUT2D eigenvalue weighted by atomic mass is 9.84. The number of ketones is 1. The summed E-state index contributed by atoms with van der Waals surface area (Å²) in [5.74, 6) is 1.19. The molecule has 2 nitrogen and oxygen atoms in total. The van der Waals surface area contributed by atoms with Crippen molar-refractivity contribution < 1.29 is 9.53 Å². The maximum atomic E-state index is 12.2. The van der Waals surface area contributed by atoms with E-state index < -0.39 is 0 Å². The topological polar surface area (TPSA) is 26.3 Å². The van der Waals surface area contributed by atoms with Gasteiger partial charge in [0.25, 0.3) is 0 Å². The number of carbonyl (C=O) groups is 1. The van der Waals surface area contributed by atoms with Gasteiger partial charge in [-0.05, 0) is 39.4 Å². The second-order valence-corrected chi connectivity index (χ2v) is 6.81. The van der Waals surface area contributed by atoms with E-state index in [1.54, 1.807) is 7.11 Å². The van der Waals surface area contributed by atoms with Crippen molar-refractivity contribution in [2.24, 2.45) is 5.92 Å². The van der Waals surface area contributed by atoms with E-state index in [0.29, 0.717) is 0 Å². The molecule has 0 fully saturated rings. The molecule has 18 heavy (non-hydrogen) atoms. The molecule has 0 radical (unpaired) electrons. The van der Waals surface area contributed by atoms with Crippen LogP contribution in [0.3, 0.4) is 0 Å². The number of Topliss-reactive ketones (excluding diaryl/α,β-unsaturated/α-hetero) is 1. The Kier molecular flexibility index (Phi) is 3.30. The second kappa shape index (κ2) is 4.37. The maximum absolute atomic E-state index is 12.2. The highest BCUT2D eigenvalue weighted by Crippen LogP contribution is 2.44. The molecule has 0 saturated carbocycles. The summed E-state index contributed by atoms with van der Waals surface area (Å²) in [6.45, 7) is 8.38. The number of hydrogen-bond acceptors (Lipinski definition) is 2. The fourth-order valence-electron chi connectivity index (χ4n) is 2.51. The van der Waals surface area contributed by atoms with Gasteiger partial charge in [0.15, 0.2) is 5.78 Å². The number of carbonyl (C=O) groups excluding carboxylic acids is 1. The normalized spacial score (nSPS) is 19.0. The highest BCUT2D eigenvalue weighted by molar-refractivity contribution is 9.10. The van der Waals surface area contributed by atoms with Crippen molar-refractivity contribution in [3.8, 4) is 5.75 Å². The predicted molar refractivity (Wildman–Crippen MR) is 76.6 cm³/mol. The molecule has 0 N–H and O–H groups in total. The molecule has 2 rings (SSSR count). The summed E-state index contributed by atoms with van der Waals surface area (Å²) in [5.41, 5.74) is 2.99. The molecule has 1 aromatic carbocycles. The Morgan fingerprint density at radius 3 is 2.50 bits per heavy atom. The van der Waals surface area contributed by atoms with Crippen LogP contribution in [0.4, 0.5) is 0 Å². The van der Waals surface area contributed by atoms with Gasteiger partial charge in [0.2, 0.25) is 0 Å². The largest absolute Gasteiger partial charge is 0.495 e. The van der Waals surface area contributed by atoms with Crippen LogP contribution < -0.4 is 4.74 Å². The number of benzene rings is 1. The molecule has 0 heterocycles. The van der Waals surface area contributed by atoms with Crippen LogP contribution in [-0.2, 0) is 11.8 Å². The van der Waals surface area contributed by atoms with Gasteiger partial charge >= 0.3 is 0 Å². The molecule has 1 aliphatic carbocycles. The molecule has 1 aromatic rings. The van der Waals surface area contributed by atoms with E-state index in [4.69, 9.17) is 4.74 Å². The van der Waals surface area contributed by atoms with Gasteiger partial charge in [-0.15, -0.1) is 0 Å². The lowest BCUT2D eigenvalue weighted by molar-refractivity contribution is 0.0946. The summed E-state index contributed by atoms with van der Waals surface area (Å²) < 4.78 is 6.49. The molecule has 0 amide bonds. The minimum Gasteiger partial charge on any atom is -0.495 e. The zero-order valence-corrected chi connectivity index (χ0v) is 13.1. The van der Waals surface area contributed by atoms with Crippen LogP contribution in [0.15, 0.2) is 10.5 Å². The first-order valence-electron chi connectivity index (χ1n) is 6.21. The molecule has 0 aliphatic heterocycles. The molecule has 0 spiro atoms. The van der Waals surface area contributed by atoms with Crippen molar-refractivity contribution >= 4 is 21.7 Å². The number of halogens is 1. The first-order valence-corrected chi connectivity index (χ1v) is 7.00. The quantitative estimate of drug-likeness (QED) is 0.779. The highest BCUT2D eigenvalue weighted by Gasteiger charge is 2.33. The molecule has 0 aromatic heterocycles. The van der Waals surface area contributed by atoms with Crippen molar-refractivity contribution in [1.29, 1.82) is 0 Å². The molecule has 1 atom stereocenters. The first-order chi connectivity index (χ1) is 8.27. The van der Waals surface area contributed by atoms with Gasteiger partial charge in [0, 0.05) is 17.0 Å². The average Bonchev–Trinajstić information content (AvgIpc) is 2.55. The smallest absolute Gasteiger partial charge is 0.166 e. The Hall–Kier alpha value is -0.830. The summed E-state index contributed by atoms with van der Waals surface area (Å²) in [6, 6.07) is 2.02. The van der Waals surface area contributed by atoms with E-state index in [9.17, 15) is 4.79 Å². The zero-order valence-electron chi connectivity index (χ0n) is 11.6. The van der Waals surface area contributed by atoms with Crippen molar-refractivity contribution in [2.45, 2.75) is 39.5 Å². The minimum atomic E-state index is -0.0466. The van der Waals surface area contributed by atoms with E-state index in [1.165, 1.54) is 0 Å². The predicted octanol–water partition coefficient (Wildman–Crippen LogP) is 4.13. The summed E-state index contributed by atoms with van der Waals surface area (Å²) in [7, 11) is 1.68. The van der Waals surface area contributed by atoms with Gasteiger partial charge in [-0.3, -0.25) is 4.79 Å². The molecule has 98 valence electrons. The van der Waals surface area contributed by atoms with Crippen LogP contribution in [0.25, 0.3) is 0 Å². The van der Waals surface area contributed by atoms with Crippen LogP contribution in [-0.4, -0.2) is 12.9 Å². The fraction of sp³-hybridized carbons (Fsp3) is 0.533. The fourth-order valence-corrected chi connectivity index (χ4v) is 3.26. The molecule has 0 bridgehead atoms. The summed E-state index contributed by atoms with van der Waals surface area (Å²) in [4.78, 5) is 12.2. The number of fused-ring (bicyclic) bond motifs is 1. The monoisotopic (exact) mass is 310 g/mol. The summed E-state index contributed by atoms with van der Waals surface area (Å²) in [6.07, 6.45) is 0.801. The van der Waals surface area contributed by atoms with Crippen molar-refractivity contribution in [3.63, 3.8) is 0 Å². The van der Waals surface area contributed by atoms with Gasteiger partial charge in [-0.25, -0.2) is 0 Å². The van der Waals surface area contributed by atoms with E-state index in [1.807, 2.05) is 13.0 Å². The maximum Gasteiger partial charge on any atom is 0.166 e. The Balaban J connectivity index is 2.73. The Labute approximate surface area is 117 Å². The highest BCUT2D eigenvalue weighted by atomic mass is 79.9. The standard InChI is InChI=1S/C15H19BrO2/c1-8-6-9-10(13(8)17)7-11(15(2,3)4)14(18-5)12(9)16/h7-8H,6H2,1-5H3/t8-/m0/s1. The van der Waals surface area contributed by atoms with Crippen molar-refractivity contribution in [3.05, 3.63) is 27.2 Å².